The molecule has 1 aliphatic carbocycles. The first-order valence-electron chi connectivity index (χ1n) is 9.16. The number of carbonyl (C=O) groups is 2. The predicted octanol–water partition coefficient (Wildman–Crippen LogP) is 3.57. The molecular formula is C20H29NO4. The highest BCUT2D eigenvalue weighted by atomic mass is 16.5. The molecule has 5 nitrogen and oxygen atoms in total. The molecule has 0 heterocycles. The highest BCUT2D eigenvalue weighted by molar-refractivity contribution is 5.92. The van der Waals surface area contributed by atoms with Crippen LogP contribution in [0.3, 0.4) is 0 Å². The van der Waals surface area contributed by atoms with Crippen LogP contribution >= 0.6 is 0 Å². The van der Waals surface area contributed by atoms with E-state index >= 15 is 0 Å². The highest BCUT2D eigenvalue weighted by Gasteiger charge is 2.30. The molecule has 1 aromatic carbocycles. The molecule has 0 radical (unpaired) electrons. The molecule has 0 aromatic heterocycles. The van der Waals surface area contributed by atoms with Crippen molar-refractivity contribution >= 4 is 11.9 Å². The van der Waals surface area contributed by atoms with E-state index in [1.165, 1.54) is 6.42 Å². The van der Waals surface area contributed by atoms with Crippen molar-refractivity contribution in [2.75, 3.05) is 6.61 Å². The second-order valence-electron chi connectivity index (χ2n) is 6.89. The van der Waals surface area contributed by atoms with Gasteiger partial charge in [0, 0.05) is 6.04 Å². The maximum absolute atomic E-state index is 12.4. The summed E-state index contributed by atoms with van der Waals surface area (Å²) in [6.07, 6.45) is 2.49. The Morgan fingerprint density at radius 3 is 2.52 bits per heavy atom. The van der Waals surface area contributed by atoms with E-state index in [2.05, 4.69) is 19.2 Å². The van der Waals surface area contributed by atoms with Crippen LogP contribution in [0.4, 0.5) is 0 Å². The van der Waals surface area contributed by atoms with Gasteiger partial charge in [-0.25, -0.2) is 4.79 Å². The van der Waals surface area contributed by atoms with Gasteiger partial charge in [-0.2, -0.15) is 0 Å². The van der Waals surface area contributed by atoms with Crippen LogP contribution in [0.5, 0.6) is 5.75 Å². The van der Waals surface area contributed by atoms with Crippen LogP contribution in [-0.2, 0) is 9.53 Å². The number of hydrogen-bond donors (Lipinski definition) is 1. The first-order chi connectivity index (χ1) is 11.9. The fourth-order valence-corrected chi connectivity index (χ4v) is 3.22. The van der Waals surface area contributed by atoms with E-state index in [9.17, 15) is 9.59 Å². The number of rotatable bonds is 6. The second kappa shape index (κ2) is 8.88. The Balaban J connectivity index is 1.88. The minimum absolute atomic E-state index is 0.155. The summed E-state index contributed by atoms with van der Waals surface area (Å²) in [5, 5.41) is 3.05. The van der Waals surface area contributed by atoms with Crippen LogP contribution in [0.1, 0.15) is 57.3 Å². The Morgan fingerprint density at radius 2 is 1.88 bits per heavy atom. The quantitative estimate of drug-likeness (QED) is 0.799. The zero-order valence-electron chi connectivity index (χ0n) is 15.6. The third kappa shape index (κ3) is 5.21. The van der Waals surface area contributed by atoms with Crippen molar-refractivity contribution in [1.82, 2.24) is 5.32 Å². The van der Waals surface area contributed by atoms with Crippen LogP contribution in [-0.4, -0.2) is 30.6 Å². The van der Waals surface area contributed by atoms with E-state index in [0.717, 1.165) is 12.8 Å². The average molecular weight is 347 g/mol. The van der Waals surface area contributed by atoms with Crippen molar-refractivity contribution in [3.8, 4) is 5.75 Å². The predicted molar refractivity (Wildman–Crippen MR) is 96.6 cm³/mol. The Morgan fingerprint density at radius 1 is 1.20 bits per heavy atom. The summed E-state index contributed by atoms with van der Waals surface area (Å²) in [5.41, 5.74) is 0.405. The summed E-state index contributed by atoms with van der Waals surface area (Å²) < 4.78 is 10.7. The molecule has 2 rings (SSSR count). The minimum Gasteiger partial charge on any atom is -0.494 e. The van der Waals surface area contributed by atoms with Gasteiger partial charge in [-0.1, -0.05) is 26.7 Å². The lowest BCUT2D eigenvalue weighted by atomic mass is 9.78. The van der Waals surface area contributed by atoms with Crippen LogP contribution in [0, 0.1) is 11.8 Å². The van der Waals surface area contributed by atoms with Crippen molar-refractivity contribution in [2.45, 2.75) is 59.1 Å². The molecule has 5 heteroatoms. The normalized spacial score (nSPS) is 24.2. The van der Waals surface area contributed by atoms with Gasteiger partial charge in [0.1, 0.15) is 5.75 Å². The van der Waals surface area contributed by atoms with Crippen molar-refractivity contribution in [2.24, 2.45) is 11.8 Å². The molecule has 1 amide bonds. The summed E-state index contributed by atoms with van der Waals surface area (Å²) in [4.78, 5) is 24.6. The number of benzene rings is 1. The number of ether oxygens (including phenoxy) is 2. The minimum atomic E-state index is -0.816. The lowest BCUT2D eigenvalue weighted by Gasteiger charge is -2.35. The van der Waals surface area contributed by atoms with Gasteiger partial charge in [-0.15, -0.1) is 0 Å². The van der Waals surface area contributed by atoms with Gasteiger partial charge in [0.15, 0.2) is 6.10 Å². The van der Waals surface area contributed by atoms with Gasteiger partial charge in [0.05, 0.1) is 12.2 Å². The third-order valence-corrected chi connectivity index (χ3v) is 5.09. The molecule has 138 valence electrons. The van der Waals surface area contributed by atoms with E-state index in [0.29, 0.717) is 29.8 Å². The summed E-state index contributed by atoms with van der Waals surface area (Å²) in [7, 11) is 0. The zero-order chi connectivity index (χ0) is 18.4. The topological polar surface area (TPSA) is 64.6 Å². The summed E-state index contributed by atoms with van der Waals surface area (Å²) in [6, 6.07) is 6.88. The molecule has 1 aromatic rings. The molecule has 0 spiro atoms. The lowest BCUT2D eigenvalue weighted by Crippen LogP contribution is -2.47. The molecule has 1 aliphatic rings. The Kier molecular flexibility index (Phi) is 6.85. The molecule has 0 saturated heterocycles. The SMILES string of the molecule is CCOc1ccc(C(=O)O[C@@H](C)C(=O)N[C@H]2CCC[C@H](C)[C@@H]2C)cc1. The summed E-state index contributed by atoms with van der Waals surface area (Å²) in [5.74, 6) is 0.999. The van der Waals surface area contributed by atoms with Crippen LogP contribution in [0.25, 0.3) is 0 Å². The molecule has 0 bridgehead atoms. The molecule has 1 fully saturated rings. The average Bonchev–Trinajstić information content (AvgIpc) is 2.59. The standard InChI is InChI=1S/C20H29NO4/c1-5-24-17-11-9-16(10-12-17)20(23)25-15(4)19(22)21-18-8-6-7-13(2)14(18)3/h9-15,18H,5-8H2,1-4H3,(H,21,22)/t13-,14-,15-,18-/m0/s1. The number of carbonyl (C=O) groups excluding carboxylic acids is 2. The fraction of sp³-hybridized carbons (Fsp3) is 0.600. The van der Waals surface area contributed by atoms with E-state index in [1.807, 2.05) is 6.92 Å². The van der Waals surface area contributed by atoms with E-state index in [1.54, 1.807) is 31.2 Å². The van der Waals surface area contributed by atoms with E-state index in [4.69, 9.17) is 9.47 Å². The van der Waals surface area contributed by atoms with Gasteiger partial charge in [-0.05, 0) is 56.4 Å². The van der Waals surface area contributed by atoms with Crippen molar-refractivity contribution in [1.29, 1.82) is 0 Å². The van der Waals surface area contributed by atoms with Gasteiger partial charge < -0.3 is 14.8 Å². The Labute approximate surface area is 150 Å². The maximum atomic E-state index is 12.4. The molecule has 1 saturated carbocycles. The monoisotopic (exact) mass is 347 g/mol. The Bertz CT molecular complexity index is 584. The molecule has 25 heavy (non-hydrogen) atoms. The maximum Gasteiger partial charge on any atom is 0.338 e. The van der Waals surface area contributed by atoms with Crippen molar-refractivity contribution < 1.29 is 19.1 Å². The molecule has 0 aliphatic heterocycles. The first kappa shape index (κ1) is 19.3. The largest absolute Gasteiger partial charge is 0.494 e. The van der Waals surface area contributed by atoms with Crippen LogP contribution in [0.2, 0.25) is 0 Å². The molecule has 4 atom stereocenters. The van der Waals surface area contributed by atoms with Gasteiger partial charge >= 0.3 is 5.97 Å². The van der Waals surface area contributed by atoms with E-state index < -0.39 is 12.1 Å². The fourth-order valence-electron chi connectivity index (χ4n) is 3.22. The second-order valence-corrected chi connectivity index (χ2v) is 6.89. The van der Waals surface area contributed by atoms with Crippen LogP contribution < -0.4 is 10.1 Å². The number of esters is 1. The van der Waals surface area contributed by atoms with Gasteiger partial charge in [-0.3, -0.25) is 4.79 Å². The van der Waals surface area contributed by atoms with E-state index in [-0.39, 0.29) is 11.9 Å². The molecule has 1 N–H and O–H groups in total. The molecule has 0 unspecified atom stereocenters. The van der Waals surface area contributed by atoms with Gasteiger partial charge in [0.2, 0.25) is 0 Å². The number of hydrogen-bond acceptors (Lipinski definition) is 4. The van der Waals surface area contributed by atoms with Gasteiger partial charge in [0.25, 0.3) is 5.91 Å². The van der Waals surface area contributed by atoms with Crippen molar-refractivity contribution in [3.63, 3.8) is 0 Å². The zero-order valence-corrected chi connectivity index (χ0v) is 15.6. The third-order valence-electron chi connectivity index (χ3n) is 5.09. The first-order valence-corrected chi connectivity index (χ1v) is 9.16. The Hall–Kier alpha value is -2.04. The van der Waals surface area contributed by atoms with Crippen molar-refractivity contribution in [3.05, 3.63) is 29.8 Å². The lowest BCUT2D eigenvalue weighted by molar-refractivity contribution is -0.130. The smallest absolute Gasteiger partial charge is 0.338 e. The summed E-state index contributed by atoms with van der Waals surface area (Å²) in [6.45, 7) is 8.47. The number of amides is 1. The van der Waals surface area contributed by atoms with Crippen LogP contribution in [0.15, 0.2) is 24.3 Å². The summed E-state index contributed by atoms with van der Waals surface area (Å²) >= 11 is 0. The number of nitrogens with one attached hydrogen (secondary N) is 1. The molecular weight excluding hydrogens is 318 g/mol. The highest BCUT2D eigenvalue weighted by Crippen LogP contribution is 2.29.